The van der Waals surface area contributed by atoms with Crippen LogP contribution in [0.25, 0.3) is 0 Å². The van der Waals surface area contributed by atoms with Gasteiger partial charge in [-0.25, -0.2) is 17.9 Å². The molecule has 260 valence electrons. The van der Waals surface area contributed by atoms with Gasteiger partial charge in [-0.2, -0.15) is 13.2 Å². The number of nitrogens with zero attached hydrogens (tertiary/aromatic N) is 1. The fourth-order valence-corrected chi connectivity index (χ4v) is 6.71. The van der Waals surface area contributed by atoms with Crippen LogP contribution >= 0.6 is 0 Å². The molecular formula is C34H30F6N2O6S. The average molecular weight is 709 g/mol. The molecule has 1 heterocycles. The Bertz CT molecular complexity index is 1820. The van der Waals surface area contributed by atoms with Crippen LogP contribution < -0.4 is 14.4 Å². The second-order valence-corrected chi connectivity index (χ2v) is 12.8. The SMILES string of the molecule is CO[C@@](C(=O)O[C@H](CNS(=O)(=O)c1ccc(OC(F)(F)F)cc1)CN1c2ccccc2CCc2ccccc21)(c1ccccc1)C(F)(F)F. The average Bonchev–Trinajstić information content (AvgIpc) is 3.20. The van der Waals surface area contributed by atoms with Gasteiger partial charge in [-0.15, -0.1) is 13.2 Å². The minimum atomic E-state index is -5.30. The lowest BCUT2D eigenvalue weighted by Gasteiger charge is -2.35. The summed E-state index contributed by atoms with van der Waals surface area (Å²) in [5, 5.41) is 0. The van der Waals surface area contributed by atoms with E-state index in [4.69, 9.17) is 9.47 Å². The van der Waals surface area contributed by atoms with Crippen molar-refractivity contribution in [3.8, 4) is 5.75 Å². The maximum Gasteiger partial charge on any atom is 0.573 e. The number of anilines is 2. The molecule has 0 saturated heterocycles. The molecule has 0 aromatic heterocycles. The van der Waals surface area contributed by atoms with E-state index in [0.717, 1.165) is 47.5 Å². The summed E-state index contributed by atoms with van der Waals surface area (Å²) >= 11 is 0. The summed E-state index contributed by atoms with van der Waals surface area (Å²) < 4.78 is 125. The van der Waals surface area contributed by atoms with Crippen molar-refractivity contribution in [1.29, 1.82) is 0 Å². The number of ether oxygens (including phenoxy) is 3. The van der Waals surface area contributed by atoms with Gasteiger partial charge in [-0.1, -0.05) is 66.7 Å². The van der Waals surface area contributed by atoms with Crippen molar-refractivity contribution >= 4 is 27.4 Å². The molecule has 0 bridgehead atoms. The second kappa shape index (κ2) is 14.1. The molecule has 1 aliphatic heterocycles. The Morgan fingerprint density at radius 1 is 0.796 bits per heavy atom. The maximum atomic E-state index is 14.8. The van der Waals surface area contributed by atoms with Gasteiger partial charge in [0, 0.05) is 30.6 Å². The van der Waals surface area contributed by atoms with Crippen LogP contribution in [0, 0.1) is 0 Å². The van der Waals surface area contributed by atoms with Gasteiger partial charge >= 0.3 is 18.5 Å². The van der Waals surface area contributed by atoms with Crippen molar-refractivity contribution in [3.05, 3.63) is 120 Å². The molecule has 0 amide bonds. The van der Waals surface area contributed by atoms with Crippen LogP contribution in [-0.2, 0) is 42.7 Å². The molecule has 0 fully saturated rings. The van der Waals surface area contributed by atoms with E-state index in [1.807, 2.05) is 24.3 Å². The van der Waals surface area contributed by atoms with Crippen LogP contribution in [0.1, 0.15) is 16.7 Å². The van der Waals surface area contributed by atoms with Crippen molar-refractivity contribution in [1.82, 2.24) is 4.72 Å². The fraction of sp³-hybridized carbons (Fsp3) is 0.265. The predicted molar refractivity (Wildman–Crippen MR) is 167 cm³/mol. The van der Waals surface area contributed by atoms with Gasteiger partial charge in [0.15, 0.2) is 0 Å². The van der Waals surface area contributed by atoms with Crippen LogP contribution in [0.5, 0.6) is 5.75 Å². The number of halogens is 6. The number of para-hydroxylation sites is 2. The monoisotopic (exact) mass is 708 g/mol. The molecule has 0 radical (unpaired) electrons. The number of sulfonamides is 1. The van der Waals surface area contributed by atoms with Gasteiger partial charge in [0.05, 0.1) is 11.4 Å². The third-order valence-electron chi connectivity index (χ3n) is 7.93. The molecular weight excluding hydrogens is 678 g/mol. The topological polar surface area (TPSA) is 94.2 Å². The third kappa shape index (κ3) is 7.84. The Kier molecular flexibility index (Phi) is 10.3. The highest BCUT2D eigenvalue weighted by molar-refractivity contribution is 7.89. The smallest absolute Gasteiger partial charge is 0.456 e. The van der Waals surface area contributed by atoms with Crippen LogP contribution in [0.2, 0.25) is 0 Å². The third-order valence-corrected chi connectivity index (χ3v) is 9.37. The zero-order valence-corrected chi connectivity index (χ0v) is 26.6. The van der Waals surface area contributed by atoms with Gasteiger partial charge in [0.25, 0.3) is 5.60 Å². The Hall–Kier alpha value is -4.60. The number of rotatable bonds is 11. The van der Waals surface area contributed by atoms with E-state index < -0.39 is 63.0 Å². The number of benzene rings is 4. The molecule has 1 aliphatic rings. The second-order valence-electron chi connectivity index (χ2n) is 11.0. The predicted octanol–water partition coefficient (Wildman–Crippen LogP) is 6.82. The largest absolute Gasteiger partial charge is 0.573 e. The van der Waals surface area contributed by atoms with Crippen molar-refractivity contribution in [2.75, 3.05) is 25.1 Å². The van der Waals surface area contributed by atoms with Crippen LogP contribution in [0.15, 0.2) is 108 Å². The lowest BCUT2D eigenvalue weighted by molar-refractivity contribution is -0.278. The number of aryl methyl sites for hydroxylation is 2. The first-order valence-electron chi connectivity index (χ1n) is 14.8. The maximum absolute atomic E-state index is 14.8. The highest BCUT2D eigenvalue weighted by Crippen LogP contribution is 2.43. The molecule has 4 aromatic carbocycles. The number of alkyl halides is 6. The number of hydrogen-bond acceptors (Lipinski definition) is 7. The van der Waals surface area contributed by atoms with Crippen LogP contribution in [-0.4, -0.2) is 53.2 Å². The number of nitrogens with one attached hydrogen (secondary N) is 1. The molecule has 8 nitrogen and oxygen atoms in total. The fourth-order valence-electron chi connectivity index (χ4n) is 5.64. The van der Waals surface area contributed by atoms with Crippen molar-refractivity contribution in [2.24, 2.45) is 0 Å². The normalized spacial score (nSPS) is 15.3. The molecule has 1 N–H and O–H groups in total. The molecule has 0 saturated carbocycles. The Labute approximate surface area is 278 Å². The molecule has 15 heteroatoms. The number of methoxy groups -OCH3 is 1. The zero-order valence-electron chi connectivity index (χ0n) is 25.8. The van der Waals surface area contributed by atoms with Gasteiger partial charge in [0.2, 0.25) is 10.0 Å². The van der Waals surface area contributed by atoms with Crippen molar-refractivity contribution < 1.29 is 53.8 Å². The number of fused-ring (bicyclic) bond motifs is 2. The van der Waals surface area contributed by atoms with Crippen LogP contribution in [0.4, 0.5) is 37.7 Å². The molecule has 0 aliphatic carbocycles. The van der Waals surface area contributed by atoms with E-state index in [1.54, 1.807) is 29.2 Å². The van der Waals surface area contributed by atoms with Gasteiger partial charge in [-0.05, 0) is 60.4 Å². The number of esters is 1. The Balaban J connectivity index is 1.52. The summed E-state index contributed by atoms with van der Waals surface area (Å²) in [5.41, 5.74) is -0.968. The van der Waals surface area contributed by atoms with E-state index in [2.05, 4.69) is 9.46 Å². The molecule has 5 rings (SSSR count). The number of hydrogen-bond donors (Lipinski definition) is 1. The van der Waals surface area contributed by atoms with E-state index >= 15 is 0 Å². The van der Waals surface area contributed by atoms with E-state index in [0.29, 0.717) is 31.3 Å². The molecule has 0 unspecified atom stereocenters. The van der Waals surface area contributed by atoms with Crippen molar-refractivity contribution in [2.45, 2.75) is 42.0 Å². The first kappa shape index (κ1) is 35.7. The highest BCUT2D eigenvalue weighted by Gasteiger charge is 2.64. The molecule has 49 heavy (non-hydrogen) atoms. The standard InChI is InChI=1S/C34H30F6N2O6S/c1-46-32(33(35,36)37,25-11-3-2-4-12-25)31(43)47-27(21-41-49(44,45)28-19-17-26(18-20-28)48-34(38,39)40)22-42-29-13-7-5-9-23(29)15-16-24-10-6-8-14-30(24)42/h2-14,17-20,27,41H,15-16,21-22H2,1H3/t27-,32-/m1/s1. The van der Waals surface area contributed by atoms with Crippen molar-refractivity contribution in [3.63, 3.8) is 0 Å². The first-order valence-corrected chi connectivity index (χ1v) is 16.3. The molecule has 0 spiro atoms. The Morgan fingerprint density at radius 3 is 1.84 bits per heavy atom. The van der Waals surface area contributed by atoms with Gasteiger partial charge < -0.3 is 19.1 Å². The molecule has 4 aromatic rings. The summed E-state index contributed by atoms with van der Waals surface area (Å²) in [4.78, 5) is 15.0. The minimum absolute atomic E-state index is 0.299. The summed E-state index contributed by atoms with van der Waals surface area (Å²) in [6, 6.07) is 24.0. The summed E-state index contributed by atoms with van der Waals surface area (Å²) in [5.74, 6) is -2.50. The molecule has 2 atom stereocenters. The number of carbonyl (C=O) groups is 1. The van der Waals surface area contributed by atoms with E-state index in [1.165, 1.54) is 18.2 Å². The summed E-state index contributed by atoms with van der Waals surface area (Å²) in [6.45, 7) is -1.02. The lowest BCUT2D eigenvalue weighted by Crippen LogP contribution is -2.54. The highest BCUT2D eigenvalue weighted by atomic mass is 32.2. The first-order chi connectivity index (χ1) is 23.1. The Morgan fingerprint density at radius 2 is 1.33 bits per heavy atom. The quantitative estimate of drug-likeness (QED) is 0.135. The number of carbonyl (C=O) groups excluding carboxylic acids is 1. The van der Waals surface area contributed by atoms with Gasteiger partial charge in [0.1, 0.15) is 11.9 Å². The van der Waals surface area contributed by atoms with E-state index in [-0.39, 0.29) is 6.54 Å². The minimum Gasteiger partial charge on any atom is -0.456 e. The van der Waals surface area contributed by atoms with Crippen LogP contribution in [0.3, 0.4) is 0 Å². The summed E-state index contributed by atoms with van der Waals surface area (Å²) in [7, 11) is -3.78. The lowest BCUT2D eigenvalue weighted by atomic mass is 9.92. The zero-order chi connectivity index (χ0) is 35.5. The van der Waals surface area contributed by atoms with Gasteiger partial charge in [-0.3, -0.25) is 0 Å². The summed E-state index contributed by atoms with van der Waals surface area (Å²) in [6.07, 6.45) is -10.6. The van der Waals surface area contributed by atoms with E-state index in [9.17, 15) is 39.6 Å².